The molecule has 0 radical (unpaired) electrons. The van der Waals surface area contributed by atoms with Crippen LogP contribution in [0.1, 0.15) is 39.5 Å². The molecule has 29 heavy (non-hydrogen) atoms. The van der Waals surface area contributed by atoms with Gasteiger partial charge in [-0.05, 0) is 57.6 Å². The van der Waals surface area contributed by atoms with Crippen molar-refractivity contribution in [2.75, 3.05) is 13.1 Å². The SMILES string of the molecule is CC(C)(O)[C@H]1CC[C@H](NC(=O)N2CC(Oc3cc(F)ccc3OC(F)F)C2)CC1. The number of hydrogen-bond acceptors (Lipinski definition) is 4. The summed E-state index contributed by atoms with van der Waals surface area (Å²) < 4.78 is 48.2. The third-order valence-corrected chi connectivity index (χ3v) is 5.60. The lowest BCUT2D eigenvalue weighted by atomic mass is 9.77. The van der Waals surface area contributed by atoms with Gasteiger partial charge in [0.25, 0.3) is 0 Å². The molecule has 0 atom stereocenters. The zero-order valence-corrected chi connectivity index (χ0v) is 16.5. The van der Waals surface area contributed by atoms with Crippen molar-refractivity contribution >= 4 is 6.03 Å². The minimum Gasteiger partial charge on any atom is -0.483 e. The van der Waals surface area contributed by atoms with Crippen LogP contribution in [0.5, 0.6) is 11.5 Å². The second-order valence-corrected chi connectivity index (χ2v) is 8.27. The molecule has 6 nitrogen and oxygen atoms in total. The fourth-order valence-electron chi connectivity index (χ4n) is 3.84. The van der Waals surface area contributed by atoms with Gasteiger partial charge in [0.15, 0.2) is 11.5 Å². The van der Waals surface area contributed by atoms with Crippen LogP contribution in [0.4, 0.5) is 18.0 Å². The first-order chi connectivity index (χ1) is 13.6. The Kier molecular flexibility index (Phi) is 6.45. The molecule has 162 valence electrons. The Hall–Kier alpha value is -2.16. The number of urea groups is 1. The maximum atomic E-state index is 13.4. The number of likely N-dealkylation sites (tertiary alicyclic amines) is 1. The highest BCUT2D eigenvalue weighted by Crippen LogP contribution is 2.33. The third-order valence-electron chi connectivity index (χ3n) is 5.60. The van der Waals surface area contributed by atoms with Crippen LogP contribution in [0, 0.1) is 11.7 Å². The van der Waals surface area contributed by atoms with Gasteiger partial charge in [-0.25, -0.2) is 9.18 Å². The normalized spacial score (nSPS) is 22.9. The second kappa shape index (κ2) is 8.69. The summed E-state index contributed by atoms with van der Waals surface area (Å²) in [6, 6.07) is 2.94. The summed E-state index contributed by atoms with van der Waals surface area (Å²) in [6.07, 6.45) is 2.91. The lowest BCUT2D eigenvalue weighted by Crippen LogP contribution is -2.60. The molecule has 0 spiro atoms. The van der Waals surface area contributed by atoms with E-state index in [-0.39, 0.29) is 42.6 Å². The van der Waals surface area contributed by atoms with Crippen LogP contribution in [-0.4, -0.2) is 53.5 Å². The zero-order valence-electron chi connectivity index (χ0n) is 16.5. The Morgan fingerprint density at radius 1 is 1.21 bits per heavy atom. The Balaban J connectivity index is 1.45. The first kappa shape index (κ1) is 21.5. The molecule has 0 bridgehead atoms. The van der Waals surface area contributed by atoms with Crippen molar-refractivity contribution in [3.63, 3.8) is 0 Å². The number of amides is 2. The molecule has 1 aromatic carbocycles. The molecular formula is C20H27F3N2O4. The molecule has 3 rings (SSSR count). The van der Waals surface area contributed by atoms with E-state index in [0.717, 1.165) is 43.9 Å². The van der Waals surface area contributed by atoms with Crippen LogP contribution in [0.25, 0.3) is 0 Å². The van der Waals surface area contributed by atoms with E-state index < -0.39 is 24.1 Å². The maximum Gasteiger partial charge on any atom is 0.387 e. The summed E-state index contributed by atoms with van der Waals surface area (Å²) in [7, 11) is 0. The summed E-state index contributed by atoms with van der Waals surface area (Å²) in [6.45, 7) is 1.13. The van der Waals surface area contributed by atoms with E-state index in [0.29, 0.717) is 0 Å². The first-order valence-electron chi connectivity index (χ1n) is 9.80. The van der Waals surface area contributed by atoms with Crippen molar-refractivity contribution in [3.05, 3.63) is 24.0 Å². The highest BCUT2D eigenvalue weighted by molar-refractivity contribution is 5.75. The number of nitrogens with zero attached hydrogens (tertiary/aromatic N) is 1. The number of benzene rings is 1. The van der Waals surface area contributed by atoms with Gasteiger partial charge in [0.1, 0.15) is 11.9 Å². The van der Waals surface area contributed by atoms with Crippen LogP contribution < -0.4 is 14.8 Å². The maximum absolute atomic E-state index is 13.4. The van der Waals surface area contributed by atoms with Gasteiger partial charge in [-0.2, -0.15) is 8.78 Å². The largest absolute Gasteiger partial charge is 0.483 e. The van der Waals surface area contributed by atoms with Crippen molar-refractivity contribution in [2.45, 2.75) is 63.9 Å². The van der Waals surface area contributed by atoms with E-state index in [1.165, 1.54) is 0 Å². The monoisotopic (exact) mass is 416 g/mol. The van der Waals surface area contributed by atoms with E-state index in [4.69, 9.17) is 4.74 Å². The predicted octanol–water partition coefficient (Wildman–Crippen LogP) is 3.53. The van der Waals surface area contributed by atoms with Crippen molar-refractivity contribution in [1.82, 2.24) is 10.2 Å². The molecule has 0 aromatic heterocycles. The number of carbonyl (C=O) groups excluding carboxylic acids is 1. The minimum absolute atomic E-state index is 0.0651. The number of rotatable bonds is 6. The molecule has 1 saturated heterocycles. The van der Waals surface area contributed by atoms with E-state index >= 15 is 0 Å². The Morgan fingerprint density at radius 2 is 1.86 bits per heavy atom. The number of alkyl halides is 2. The van der Waals surface area contributed by atoms with Gasteiger partial charge in [0, 0.05) is 12.1 Å². The molecule has 1 aromatic rings. The molecule has 1 aliphatic carbocycles. The predicted molar refractivity (Wildman–Crippen MR) is 99.6 cm³/mol. The fourth-order valence-corrected chi connectivity index (χ4v) is 3.84. The van der Waals surface area contributed by atoms with Crippen molar-refractivity contribution in [3.8, 4) is 11.5 Å². The molecule has 2 fully saturated rings. The average molecular weight is 416 g/mol. The van der Waals surface area contributed by atoms with Crippen LogP contribution in [-0.2, 0) is 0 Å². The summed E-state index contributed by atoms with van der Waals surface area (Å²) in [4.78, 5) is 13.9. The number of hydrogen-bond donors (Lipinski definition) is 2. The van der Waals surface area contributed by atoms with Crippen LogP contribution in [0.2, 0.25) is 0 Å². The number of aliphatic hydroxyl groups is 1. The third kappa shape index (κ3) is 5.68. The zero-order chi connectivity index (χ0) is 21.2. The summed E-state index contributed by atoms with van der Waals surface area (Å²) >= 11 is 0. The fraction of sp³-hybridized carbons (Fsp3) is 0.650. The van der Waals surface area contributed by atoms with E-state index in [9.17, 15) is 23.1 Å². The topological polar surface area (TPSA) is 71.0 Å². The van der Waals surface area contributed by atoms with Gasteiger partial charge >= 0.3 is 12.6 Å². The van der Waals surface area contributed by atoms with Gasteiger partial charge in [-0.15, -0.1) is 0 Å². The number of halogens is 3. The summed E-state index contributed by atoms with van der Waals surface area (Å²) in [5.41, 5.74) is -0.708. The highest BCUT2D eigenvalue weighted by Gasteiger charge is 2.36. The standard InChI is InChI=1S/C20H27F3N2O4/c1-20(2,27)12-3-6-14(7-4-12)24-19(26)25-10-15(11-25)28-17-9-13(21)5-8-16(17)29-18(22)23/h5,8-9,12,14-15,18,27H,3-4,6-7,10-11H2,1-2H3,(H,24,26)/t12-,14-. The summed E-state index contributed by atoms with van der Waals surface area (Å²) in [5.74, 6) is -0.751. The Labute approximate surface area is 168 Å². The van der Waals surface area contributed by atoms with E-state index in [1.54, 1.807) is 4.90 Å². The van der Waals surface area contributed by atoms with E-state index in [2.05, 4.69) is 10.1 Å². The lowest BCUT2D eigenvalue weighted by molar-refractivity contribution is -0.0535. The number of carbonyl (C=O) groups is 1. The quantitative estimate of drug-likeness (QED) is 0.744. The van der Waals surface area contributed by atoms with Crippen molar-refractivity contribution in [2.24, 2.45) is 5.92 Å². The second-order valence-electron chi connectivity index (χ2n) is 8.27. The van der Waals surface area contributed by atoms with Gasteiger partial charge in [-0.3, -0.25) is 0 Å². The van der Waals surface area contributed by atoms with Gasteiger partial charge in [0.2, 0.25) is 0 Å². The van der Waals surface area contributed by atoms with Crippen molar-refractivity contribution < 1.29 is 32.5 Å². The molecule has 1 heterocycles. The van der Waals surface area contributed by atoms with Crippen LogP contribution in [0.15, 0.2) is 18.2 Å². The minimum atomic E-state index is -3.04. The average Bonchev–Trinajstić information content (AvgIpc) is 2.59. The number of ether oxygens (including phenoxy) is 2. The van der Waals surface area contributed by atoms with E-state index in [1.807, 2.05) is 13.8 Å². The molecule has 9 heteroatoms. The first-order valence-corrected chi connectivity index (χ1v) is 9.80. The highest BCUT2D eigenvalue weighted by atomic mass is 19.3. The molecule has 0 unspecified atom stereocenters. The van der Waals surface area contributed by atoms with Crippen LogP contribution >= 0.6 is 0 Å². The van der Waals surface area contributed by atoms with Crippen molar-refractivity contribution in [1.29, 1.82) is 0 Å². The van der Waals surface area contributed by atoms with Crippen LogP contribution in [0.3, 0.4) is 0 Å². The smallest absolute Gasteiger partial charge is 0.387 e. The Bertz CT molecular complexity index is 712. The van der Waals surface area contributed by atoms with Gasteiger partial charge < -0.3 is 24.8 Å². The van der Waals surface area contributed by atoms with Gasteiger partial charge in [-0.1, -0.05) is 0 Å². The molecule has 1 aliphatic heterocycles. The summed E-state index contributed by atoms with van der Waals surface area (Å²) in [5, 5.41) is 13.1. The lowest BCUT2D eigenvalue weighted by Gasteiger charge is -2.41. The molecule has 1 saturated carbocycles. The molecular weight excluding hydrogens is 389 g/mol. The molecule has 2 aliphatic rings. The Morgan fingerprint density at radius 3 is 2.45 bits per heavy atom. The number of nitrogens with one attached hydrogen (secondary N) is 1. The molecule has 2 amide bonds. The molecule has 2 N–H and O–H groups in total. The van der Waals surface area contributed by atoms with Gasteiger partial charge in [0.05, 0.1) is 18.7 Å².